The molecule has 2 aromatic rings. The molecule has 0 amide bonds. The van der Waals surface area contributed by atoms with Gasteiger partial charge in [-0.3, -0.25) is 0 Å². The normalized spacial score (nSPS) is 10.4. The van der Waals surface area contributed by atoms with Gasteiger partial charge in [0.2, 0.25) is 0 Å². The summed E-state index contributed by atoms with van der Waals surface area (Å²) in [4.78, 5) is 11.0. The molecule has 0 radical (unpaired) electrons. The van der Waals surface area contributed by atoms with Gasteiger partial charge in [0.15, 0.2) is 5.82 Å². The monoisotopic (exact) mass is 198 g/mol. The summed E-state index contributed by atoms with van der Waals surface area (Å²) in [5.74, 6) is -1.59. The Bertz CT molecular complexity index is 518. The van der Waals surface area contributed by atoms with Gasteiger partial charge in [-0.25, -0.2) is 18.7 Å². The number of nitrogens with zero attached hydrogens (tertiary/aromatic N) is 3. The summed E-state index contributed by atoms with van der Waals surface area (Å²) < 4.78 is 26.3. The molecule has 1 aromatic carbocycles. The summed E-state index contributed by atoms with van der Waals surface area (Å²) >= 11 is 0. The Morgan fingerprint density at radius 2 is 2.14 bits per heavy atom. The molecule has 0 fully saturated rings. The number of benzene rings is 1. The average molecular weight is 198 g/mol. The van der Waals surface area contributed by atoms with Crippen LogP contribution in [-0.4, -0.2) is 20.2 Å². The van der Waals surface area contributed by atoms with Crippen LogP contribution in [-0.2, 0) is 0 Å². The van der Waals surface area contributed by atoms with E-state index in [0.717, 1.165) is 12.1 Å². The van der Waals surface area contributed by atoms with Crippen LogP contribution in [0.1, 0.15) is 0 Å². The second kappa shape index (κ2) is 3.02. The largest absolute Gasteiger partial charge is 0.365 e. The van der Waals surface area contributed by atoms with Crippen LogP contribution in [0.5, 0.6) is 0 Å². The number of tetrazole rings is 1. The third kappa shape index (κ3) is 1.28. The zero-order valence-electron chi connectivity index (χ0n) is 6.74. The summed E-state index contributed by atoms with van der Waals surface area (Å²) in [6.45, 7) is 0. The third-order valence-electron chi connectivity index (χ3n) is 1.61. The molecule has 0 saturated carbocycles. The van der Waals surface area contributed by atoms with Crippen LogP contribution in [0.25, 0.3) is 5.69 Å². The molecule has 5 nitrogen and oxygen atoms in total. The number of halogens is 2. The van der Waals surface area contributed by atoms with Crippen LogP contribution >= 0.6 is 0 Å². The fourth-order valence-corrected chi connectivity index (χ4v) is 1.01. The molecule has 0 aliphatic heterocycles. The zero-order chi connectivity index (χ0) is 10.1. The highest BCUT2D eigenvalue weighted by molar-refractivity contribution is 5.31. The maximum absolute atomic E-state index is 13.1. The zero-order valence-corrected chi connectivity index (χ0v) is 6.74. The Labute approximate surface area is 76.0 Å². The van der Waals surface area contributed by atoms with Crippen LogP contribution in [0, 0.1) is 11.6 Å². The van der Waals surface area contributed by atoms with E-state index < -0.39 is 17.3 Å². The van der Waals surface area contributed by atoms with E-state index in [-0.39, 0.29) is 5.69 Å². The smallest absolute Gasteiger partial charge is 0.244 e. The number of hydrogen-bond acceptors (Lipinski definition) is 3. The fourth-order valence-electron chi connectivity index (χ4n) is 1.01. The molecule has 14 heavy (non-hydrogen) atoms. The quantitative estimate of drug-likeness (QED) is 0.713. The second-order valence-electron chi connectivity index (χ2n) is 2.51. The second-order valence-corrected chi connectivity index (χ2v) is 2.51. The van der Waals surface area contributed by atoms with E-state index in [2.05, 4.69) is 10.4 Å². The molecule has 1 heterocycles. The number of H-pyrrole nitrogens is 1. The van der Waals surface area contributed by atoms with E-state index in [9.17, 15) is 13.6 Å². The summed E-state index contributed by atoms with van der Waals surface area (Å²) in [6, 6.07) is 2.80. The number of rotatable bonds is 1. The average Bonchev–Trinajstić information content (AvgIpc) is 2.52. The minimum atomic E-state index is -0.874. The van der Waals surface area contributed by atoms with Gasteiger partial charge >= 0.3 is 5.69 Å². The molecule has 2 rings (SSSR count). The van der Waals surface area contributed by atoms with E-state index >= 15 is 0 Å². The maximum atomic E-state index is 13.1. The molecule has 0 bridgehead atoms. The van der Waals surface area contributed by atoms with Gasteiger partial charge in [-0.2, -0.15) is 4.68 Å². The van der Waals surface area contributed by atoms with Crippen molar-refractivity contribution in [3.63, 3.8) is 0 Å². The van der Waals surface area contributed by atoms with E-state index in [0.29, 0.717) is 10.7 Å². The highest BCUT2D eigenvalue weighted by Gasteiger charge is 2.09. The Kier molecular flexibility index (Phi) is 1.84. The van der Waals surface area contributed by atoms with Gasteiger partial charge in [0.05, 0.1) is 0 Å². The molecule has 0 spiro atoms. The molecule has 0 aliphatic carbocycles. The maximum Gasteiger partial charge on any atom is 0.365 e. The van der Waals surface area contributed by atoms with Gasteiger partial charge in [0.25, 0.3) is 0 Å². The third-order valence-corrected chi connectivity index (χ3v) is 1.61. The van der Waals surface area contributed by atoms with Gasteiger partial charge in [0, 0.05) is 6.07 Å². The predicted octanol–water partition coefficient (Wildman–Crippen LogP) is 0.234. The lowest BCUT2D eigenvalue weighted by Gasteiger charge is -1.99. The van der Waals surface area contributed by atoms with Crippen molar-refractivity contribution in [1.82, 2.24) is 20.2 Å². The molecular weight excluding hydrogens is 194 g/mol. The molecule has 0 atom stereocenters. The number of nitrogens with one attached hydrogen (secondary N) is 1. The van der Waals surface area contributed by atoms with E-state index in [1.54, 1.807) is 0 Å². The van der Waals surface area contributed by atoms with Crippen molar-refractivity contribution in [2.75, 3.05) is 0 Å². The van der Waals surface area contributed by atoms with Crippen molar-refractivity contribution in [2.45, 2.75) is 0 Å². The van der Waals surface area contributed by atoms with Crippen LogP contribution in [0.4, 0.5) is 8.78 Å². The first kappa shape index (κ1) is 8.54. The van der Waals surface area contributed by atoms with E-state index in [1.807, 2.05) is 5.10 Å². The van der Waals surface area contributed by atoms with Gasteiger partial charge in [0.1, 0.15) is 11.5 Å². The molecule has 0 aliphatic rings. The first-order valence-electron chi connectivity index (χ1n) is 3.64. The van der Waals surface area contributed by atoms with Crippen LogP contribution in [0.2, 0.25) is 0 Å². The van der Waals surface area contributed by atoms with Crippen LogP contribution in [0.15, 0.2) is 23.0 Å². The molecule has 0 unspecified atom stereocenters. The number of aromatic amines is 1. The van der Waals surface area contributed by atoms with E-state index in [1.165, 1.54) is 0 Å². The van der Waals surface area contributed by atoms with Crippen molar-refractivity contribution < 1.29 is 8.78 Å². The van der Waals surface area contributed by atoms with Crippen molar-refractivity contribution in [2.24, 2.45) is 0 Å². The SMILES string of the molecule is O=c1[nH]nnn1-c1ccc(F)cc1F. The topological polar surface area (TPSA) is 63.6 Å². The molecule has 1 N–H and O–H groups in total. The Balaban J connectivity index is 2.63. The highest BCUT2D eigenvalue weighted by Crippen LogP contribution is 2.10. The van der Waals surface area contributed by atoms with E-state index in [4.69, 9.17) is 0 Å². The lowest BCUT2D eigenvalue weighted by atomic mass is 10.3. The Morgan fingerprint density at radius 3 is 2.71 bits per heavy atom. The van der Waals surface area contributed by atoms with Crippen LogP contribution < -0.4 is 5.69 Å². The van der Waals surface area contributed by atoms with Crippen molar-refractivity contribution in [3.05, 3.63) is 40.3 Å². The minimum Gasteiger partial charge on any atom is -0.244 e. The van der Waals surface area contributed by atoms with Gasteiger partial charge in [-0.1, -0.05) is 0 Å². The van der Waals surface area contributed by atoms with Crippen molar-refractivity contribution in [3.8, 4) is 5.69 Å². The summed E-state index contributed by atoms with van der Waals surface area (Å²) in [6.07, 6.45) is 0. The predicted molar refractivity (Wildman–Crippen MR) is 41.9 cm³/mol. The summed E-state index contributed by atoms with van der Waals surface area (Å²) in [7, 11) is 0. The molecule has 0 saturated heterocycles. The van der Waals surface area contributed by atoms with Crippen LogP contribution in [0.3, 0.4) is 0 Å². The Hall–Kier alpha value is -2.05. The van der Waals surface area contributed by atoms with Gasteiger partial charge < -0.3 is 0 Å². The summed E-state index contributed by atoms with van der Waals surface area (Å²) in [5.41, 5.74) is -0.833. The Morgan fingerprint density at radius 1 is 1.36 bits per heavy atom. The first-order valence-corrected chi connectivity index (χ1v) is 3.64. The molecule has 1 aromatic heterocycles. The van der Waals surface area contributed by atoms with Crippen molar-refractivity contribution in [1.29, 1.82) is 0 Å². The number of hydrogen-bond donors (Lipinski definition) is 1. The molecule has 72 valence electrons. The molecular formula is C7H4F2N4O. The van der Waals surface area contributed by atoms with Crippen molar-refractivity contribution >= 4 is 0 Å². The lowest BCUT2D eigenvalue weighted by molar-refractivity contribution is 0.570. The summed E-state index contributed by atoms with van der Waals surface area (Å²) in [5, 5.41) is 8.48. The van der Waals surface area contributed by atoms with Gasteiger partial charge in [-0.15, -0.1) is 0 Å². The fraction of sp³-hybridized carbons (Fsp3) is 0. The molecule has 7 heteroatoms. The number of aromatic nitrogens is 4. The van der Waals surface area contributed by atoms with Gasteiger partial charge in [-0.05, 0) is 22.6 Å². The minimum absolute atomic E-state index is 0.148. The standard InChI is InChI=1S/C7H4F2N4O/c8-4-1-2-6(5(9)3-4)13-7(14)10-11-12-13/h1-3H,(H,10,12,14). The lowest BCUT2D eigenvalue weighted by Crippen LogP contribution is -2.17. The first-order chi connectivity index (χ1) is 6.68. The highest BCUT2D eigenvalue weighted by atomic mass is 19.1.